The number of benzene rings is 2. The van der Waals surface area contributed by atoms with Gasteiger partial charge in [0.1, 0.15) is 0 Å². The Bertz CT molecular complexity index is 733. The smallest absolute Gasteiger partial charge is 0.269 e. The molecule has 6 nitrogen and oxygen atoms in total. The molecule has 3 rings (SSSR count). The van der Waals surface area contributed by atoms with Crippen LogP contribution in [0.4, 0.5) is 5.69 Å². The maximum atomic E-state index is 12.2. The molecule has 1 aliphatic heterocycles. The summed E-state index contributed by atoms with van der Waals surface area (Å²) in [4.78, 5) is 35.7. The van der Waals surface area contributed by atoms with Crippen LogP contribution in [0, 0.1) is 10.1 Å². The maximum absolute atomic E-state index is 12.2. The molecule has 2 aromatic rings. The fourth-order valence-electron chi connectivity index (χ4n) is 2.47. The largest absolute Gasteiger partial charge is 0.274 e. The van der Waals surface area contributed by atoms with E-state index >= 15 is 0 Å². The number of hydrogen-bond donors (Lipinski definition) is 0. The van der Waals surface area contributed by atoms with Gasteiger partial charge in [-0.3, -0.25) is 24.6 Å². The minimum absolute atomic E-state index is 0.0180. The molecule has 2 amide bonds. The fourth-order valence-corrected chi connectivity index (χ4v) is 2.47. The van der Waals surface area contributed by atoms with Gasteiger partial charge >= 0.3 is 0 Å². The van der Waals surface area contributed by atoms with Crippen molar-refractivity contribution in [2.75, 3.05) is 6.54 Å². The van der Waals surface area contributed by atoms with Crippen LogP contribution in [0.15, 0.2) is 48.5 Å². The first-order valence-electron chi connectivity index (χ1n) is 6.76. The van der Waals surface area contributed by atoms with Crippen LogP contribution in [0.3, 0.4) is 0 Å². The summed E-state index contributed by atoms with van der Waals surface area (Å²) in [6.07, 6.45) is 0.462. The van der Waals surface area contributed by atoms with E-state index in [1.807, 2.05) is 0 Å². The molecule has 0 fully saturated rings. The minimum Gasteiger partial charge on any atom is -0.274 e. The van der Waals surface area contributed by atoms with Gasteiger partial charge in [-0.1, -0.05) is 24.3 Å². The number of nitro groups is 1. The van der Waals surface area contributed by atoms with Gasteiger partial charge in [0, 0.05) is 18.7 Å². The molecule has 22 heavy (non-hydrogen) atoms. The van der Waals surface area contributed by atoms with E-state index in [9.17, 15) is 19.7 Å². The molecule has 0 unspecified atom stereocenters. The monoisotopic (exact) mass is 296 g/mol. The van der Waals surface area contributed by atoms with E-state index in [1.165, 1.54) is 17.0 Å². The predicted octanol–water partition coefficient (Wildman–Crippen LogP) is 2.43. The zero-order valence-electron chi connectivity index (χ0n) is 11.6. The number of carbonyl (C=O) groups is 2. The lowest BCUT2D eigenvalue weighted by atomic mass is 10.1. The quantitative estimate of drug-likeness (QED) is 0.493. The summed E-state index contributed by atoms with van der Waals surface area (Å²) in [5.74, 6) is -0.579. The second kappa shape index (κ2) is 5.40. The van der Waals surface area contributed by atoms with Crippen LogP contribution in [0.1, 0.15) is 26.3 Å². The average Bonchev–Trinajstić information content (AvgIpc) is 2.78. The molecular formula is C16H12N2O4. The third-order valence-electron chi connectivity index (χ3n) is 3.65. The highest BCUT2D eigenvalue weighted by Gasteiger charge is 2.34. The summed E-state index contributed by atoms with van der Waals surface area (Å²) in [6, 6.07) is 12.8. The van der Waals surface area contributed by atoms with Gasteiger partial charge in [0.25, 0.3) is 17.5 Å². The van der Waals surface area contributed by atoms with Crippen LogP contribution < -0.4 is 0 Å². The predicted molar refractivity (Wildman–Crippen MR) is 78.6 cm³/mol. The molecule has 0 saturated carbocycles. The van der Waals surface area contributed by atoms with E-state index < -0.39 is 4.92 Å². The van der Waals surface area contributed by atoms with E-state index in [4.69, 9.17) is 0 Å². The Morgan fingerprint density at radius 2 is 1.45 bits per heavy atom. The topological polar surface area (TPSA) is 80.5 Å². The van der Waals surface area contributed by atoms with Gasteiger partial charge in [0.2, 0.25) is 0 Å². The summed E-state index contributed by atoms with van der Waals surface area (Å²) >= 11 is 0. The van der Waals surface area contributed by atoms with Crippen molar-refractivity contribution in [3.05, 3.63) is 75.3 Å². The molecule has 0 radical (unpaired) electrons. The second-order valence-corrected chi connectivity index (χ2v) is 4.98. The highest BCUT2D eigenvalue weighted by molar-refractivity contribution is 6.21. The second-order valence-electron chi connectivity index (χ2n) is 4.98. The van der Waals surface area contributed by atoms with Crippen molar-refractivity contribution >= 4 is 17.5 Å². The van der Waals surface area contributed by atoms with Gasteiger partial charge in [-0.2, -0.15) is 0 Å². The molecule has 0 N–H and O–H groups in total. The molecule has 0 saturated heterocycles. The van der Waals surface area contributed by atoms with Crippen molar-refractivity contribution in [2.24, 2.45) is 0 Å². The van der Waals surface area contributed by atoms with Gasteiger partial charge in [-0.05, 0) is 24.1 Å². The van der Waals surface area contributed by atoms with Crippen molar-refractivity contribution in [1.29, 1.82) is 0 Å². The summed E-state index contributed by atoms with van der Waals surface area (Å²) in [6.45, 7) is 0.254. The lowest BCUT2D eigenvalue weighted by molar-refractivity contribution is -0.384. The van der Waals surface area contributed by atoms with Crippen LogP contribution in [-0.2, 0) is 6.42 Å². The van der Waals surface area contributed by atoms with Gasteiger partial charge in [0.05, 0.1) is 16.1 Å². The van der Waals surface area contributed by atoms with E-state index in [1.54, 1.807) is 36.4 Å². The molecule has 0 spiro atoms. The number of nitrogens with zero attached hydrogens (tertiary/aromatic N) is 2. The van der Waals surface area contributed by atoms with Crippen LogP contribution >= 0.6 is 0 Å². The third-order valence-corrected chi connectivity index (χ3v) is 3.65. The van der Waals surface area contributed by atoms with Gasteiger partial charge in [0.15, 0.2) is 0 Å². The Kier molecular flexibility index (Phi) is 3.42. The SMILES string of the molecule is O=C1c2ccccc2C(=O)N1CCc1ccc([N+](=O)[O-])cc1. The number of amides is 2. The molecule has 0 atom stereocenters. The highest BCUT2D eigenvalue weighted by Crippen LogP contribution is 2.22. The lowest BCUT2D eigenvalue weighted by Gasteiger charge is -2.13. The molecule has 0 aliphatic carbocycles. The van der Waals surface area contributed by atoms with Crippen molar-refractivity contribution < 1.29 is 14.5 Å². The zero-order chi connectivity index (χ0) is 15.7. The van der Waals surface area contributed by atoms with Crippen molar-refractivity contribution in [1.82, 2.24) is 4.90 Å². The Balaban J connectivity index is 1.71. The van der Waals surface area contributed by atoms with Crippen LogP contribution in [0.25, 0.3) is 0 Å². The Morgan fingerprint density at radius 3 is 1.95 bits per heavy atom. The van der Waals surface area contributed by atoms with E-state index in [0.29, 0.717) is 17.5 Å². The Hall–Kier alpha value is -3.02. The Labute approximate surface area is 126 Å². The number of fused-ring (bicyclic) bond motifs is 1. The number of non-ortho nitro benzene ring substituents is 1. The summed E-state index contributed by atoms with van der Waals surface area (Å²) in [5.41, 5.74) is 1.71. The molecule has 0 aromatic heterocycles. The van der Waals surface area contributed by atoms with Crippen LogP contribution in [0.2, 0.25) is 0 Å². The first kappa shape index (κ1) is 13.9. The summed E-state index contributed by atoms with van der Waals surface area (Å²) < 4.78 is 0. The maximum Gasteiger partial charge on any atom is 0.269 e. The molecule has 110 valence electrons. The van der Waals surface area contributed by atoms with Gasteiger partial charge in [-0.15, -0.1) is 0 Å². The number of nitro benzene ring substituents is 1. The number of carbonyl (C=O) groups excluding carboxylic acids is 2. The van der Waals surface area contributed by atoms with E-state index in [2.05, 4.69) is 0 Å². The average molecular weight is 296 g/mol. The van der Waals surface area contributed by atoms with Crippen LogP contribution in [0.5, 0.6) is 0 Å². The number of rotatable bonds is 4. The standard InChI is InChI=1S/C16H12N2O4/c19-15-13-3-1-2-4-14(13)16(20)17(15)10-9-11-5-7-12(8-6-11)18(21)22/h1-8H,9-10H2. The molecule has 2 aromatic carbocycles. The first-order valence-corrected chi connectivity index (χ1v) is 6.76. The van der Waals surface area contributed by atoms with Gasteiger partial charge < -0.3 is 0 Å². The van der Waals surface area contributed by atoms with Crippen molar-refractivity contribution in [3.63, 3.8) is 0 Å². The fraction of sp³-hybridized carbons (Fsp3) is 0.125. The van der Waals surface area contributed by atoms with E-state index in [0.717, 1.165) is 5.56 Å². The zero-order valence-corrected chi connectivity index (χ0v) is 11.6. The van der Waals surface area contributed by atoms with Gasteiger partial charge in [-0.25, -0.2) is 0 Å². The van der Waals surface area contributed by atoms with Crippen LogP contribution in [-0.4, -0.2) is 28.2 Å². The van der Waals surface area contributed by atoms with E-state index in [-0.39, 0.29) is 24.0 Å². The Morgan fingerprint density at radius 1 is 0.909 bits per heavy atom. The normalized spacial score (nSPS) is 13.4. The minimum atomic E-state index is -0.464. The van der Waals surface area contributed by atoms with Crippen molar-refractivity contribution in [3.8, 4) is 0 Å². The third kappa shape index (κ3) is 2.35. The number of hydrogen-bond acceptors (Lipinski definition) is 4. The molecule has 1 aliphatic rings. The van der Waals surface area contributed by atoms with Crippen molar-refractivity contribution in [2.45, 2.75) is 6.42 Å². The summed E-state index contributed by atoms with van der Waals surface area (Å²) in [7, 11) is 0. The molecule has 1 heterocycles. The first-order chi connectivity index (χ1) is 10.6. The molecular weight excluding hydrogens is 284 g/mol. The highest BCUT2D eigenvalue weighted by atomic mass is 16.6. The lowest BCUT2D eigenvalue weighted by Crippen LogP contribution is -2.31. The molecule has 6 heteroatoms. The molecule has 0 bridgehead atoms. The number of imide groups is 1. The summed E-state index contributed by atoms with van der Waals surface area (Å²) in [5, 5.41) is 10.6.